The van der Waals surface area contributed by atoms with Crippen LogP contribution in [0.25, 0.3) is 0 Å². The Hall–Kier alpha value is -2.36. The number of aromatic nitrogens is 1. The Kier molecular flexibility index (Phi) is 4.91. The fourth-order valence-electron chi connectivity index (χ4n) is 2.92. The van der Waals surface area contributed by atoms with Crippen LogP contribution in [-0.4, -0.2) is 17.0 Å². The molecule has 1 N–H and O–H groups in total. The number of amides is 1. The molecule has 1 heterocycles. The number of rotatable bonds is 5. The van der Waals surface area contributed by atoms with E-state index in [0.717, 1.165) is 24.3 Å². The molecule has 0 radical (unpaired) electrons. The molecule has 3 rings (SSSR count). The van der Waals surface area contributed by atoms with Crippen molar-refractivity contribution in [1.29, 1.82) is 0 Å². The molecule has 0 spiro atoms. The minimum absolute atomic E-state index is 0.121. The van der Waals surface area contributed by atoms with Crippen molar-refractivity contribution in [1.82, 2.24) is 10.3 Å². The highest BCUT2D eigenvalue weighted by atomic mass is 16.5. The Bertz CT molecular complexity index is 670. The van der Waals surface area contributed by atoms with E-state index < -0.39 is 6.10 Å². The summed E-state index contributed by atoms with van der Waals surface area (Å²) in [5, 5.41) is 2.87. The van der Waals surface area contributed by atoms with E-state index in [-0.39, 0.29) is 5.91 Å². The molecule has 0 bridgehead atoms. The van der Waals surface area contributed by atoms with Crippen molar-refractivity contribution in [3.05, 3.63) is 59.4 Å². The first-order valence-electron chi connectivity index (χ1n) is 8.19. The number of hydrogen-bond donors (Lipinski definition) is 1. The molecule has 4 heteroatoms. The highest BCUT2D eigenvalue weighted by Crippen LogP contribution is 2.30. The number of pyridine rings is 1. The highest BCUT2D eigenvalue weighted by Gasteiger charge is 2.19. The third kappa shape index (κ3) is 3.89. The molecule has 1 atom stereocenters. The molecule has 1 aliphatic carbocycles. The number of hydrogen-bond acceptors (Lipinski definition) is 3. The van der Waals surface area contributed by atoms with Crippen LogP contribution in [0.1, 0.15) is 36.6 Å². The van der Waals surface area contributed by atoms with E-state index >= 15 is 0 Å². The lowest BCUT2D eigenvalue weighted by Crippen LogP contribution is -2.36. The number of nitrogens with zero attached hydrogens (tertiary/aromatic N) is 1. The minimum atomic E-state index is -0.521. The molecular weight excluding hydrogens is 288 g/mol. The predicted octanol–water partition coefficient (Wildman–Crippen LogP) is 3.04. The number of ether oxygens (including phenoxy) is 1. The molecule has 0 aliphatic heterocycles. The monoisotopic (exact) mass is 310 g/mol. The van der Waals surface area contributed by atoms with Gasteiger partial charge in [0.1, 0.15) is 5.75 Å². The van der Waals surface area contributed by atoms with Crippen LogP contribution >= 0.6 is 0 Å². The zero-order chi connectivity index (χ0) is 16.1. The van der Waals surface area contributed by atoms with Gasteiger partial charge in [-0.1, -0.05) is 18.2 Å². The van der Waals surface area contributed by atoms with Gasteiger partial charge >= 0.3 is 0 Å². The van der Waals surface area contributed by atoms with Crippen LogP contribution in [0.5, 0.6) is 5.75 Å². The van der Waals surface area contributed by atoms with Crippen LogP contribution in [0.4, 0.5) is 0 Å². The summed E-state index contributed by atoms with van der Waals surface area (Å²) >= 11 is 0. The molecule has 4 nitrogen and oxygen atoms in total. The van der Waals surface area contributed by atoms with E-state index in [1.165, 1.54) is 24.0 Å². The fourth-order valence-corrected chi connectivity index (χ4v) is 2.92. The van der Waals surface area contributed by atoms with Crippen LogP contribution in [0, 0.1) is 0 Å². The van der Waals surface area contributed by atoms with E-state index in [4.69, 9.17) is 4.74 Å². The van der Waals surface area contributed by atoms with Gasteiger partial charge in [-0.2, -0.15) is 0 Å². The van der Waals surface area contributed by atoms with E-state index in [9.17, 15) is 4.79 Å². The van der Waals surface area contributed by atoms with Gasteiger partial charge in [0.05, 0.1) is 12.2 Å². The largest absolute Gasteiger partial charge is 0.481 e. The lowest BCUT2D eigenvalue weighted by molar-refractivity contribution is -0.127. The Morgan fingerprint density at radius 2 is 2.09 bits per heavy atom. The average Bonchev–Trinajstić information content (AvgIpc) is 2.61. The molecule has 0 saturated heterocycles. The molecule has 1 aliphatic rings. The number of carbonyl (C=O) groups excluding carboxylic acids is 1. The minimum Gasteiger partial charge on any atom is -0.481 e. The Morgan fingerprint density at radius 1 is 1.22 bits per heavy atom. The standard InChI is InChI=1S/C19H22N2O2/c1-14(19(22)21-13-16-9-4-5-12-20-16)23-18-11-6-8-15-7-2-3-10-17(15)18/h4-6,8-9,11-12,14H,2-3,7,10,13H2,1H3,(H,21,22). The van der Waals surface area contributed by atoms with Crippen molar-refractivity contribution >= 4 is 5.91 Å². The summed E-state index contributed by atoms with van der Waals surface area (Å²) in [6, 6.07) is 11.8. The molecule has 0 fully saturated rings. The summed E-state index contributed by atoms with van der Waals surface area (Å²) in [7, 11) is 0. The number of nitrogens with one attached hydrogen (secondary N) is 1. The molecule has 1 amide bonds. The molecule has 1 unspecified atom stereocenters. The summed E-state index contributed by atoms with van der Waals surface area (Å²) in [4.78, 5) is 16.4. The van der Waals surface area contributed by atoms with Crippen molar-refractivity contribution in [3.8, 4) is 5.75 Å². The first-order chi connectivity index (χ1) is 11.2. The lowest BCUT2D eigenvalue weighted by Gasteiger charge is -2.22. The number of benzene rings is 1. The number of fused-ring (bicyclic) bond motifs is 1. The van der Waals surface area contributed by atoms with Crippen molar-refractivity contribution in [3.63, 3.8) is 0 Å². The average molecular weight is 310 g/mol. The molecule has 1 aromatic heterocycles. The van der Waals surface area contributed by atoms with Gasteiger partial charge in [-0.05, 0) is 61.9 Å². The van der Waals surface area contributed by atoms with Crippen molar-refractivity contribution in [2.24, 2.45) is 0 Å². The normalized spacial score (nSPS) is 14.7. The van der Waals surface area contributed by atoms with Gasteiger partial charge < -0.3 is 10.1 Å². The molecule has 1 aromatic carbocycles. The van der Waals surface area contributed by atoms with Crippen molar-refractivity contribution in [2.75, 3.05) is 0 Å². The smallest absolute Gasteiger partial charge is 0.261 e. The van der Waals surface area contributed by atoms with E-state index in [0.29, 0.717) is 6.54 Å². The Balaban J connectivity index is 1.60. The van der Waals surface area contributed by atoms with Gasteiger partial charge in [-0.15, -0.1) is 0 Å². The lowest BCUT2D eigenvalue weighted by atomic mass is 9.91. The predicted molar refractivity (Wildman–Crippen MR) is 89.3 cm³/mol. The van der Waals surface area contributed by atoms with Crippen LogP contribution in [-0.2, 0) is 24.2 Å². The van der Waals surface area contributed by atoms with Crippen molar-refractivity contribution in [2.45, 2.75) is 45.3 Å². The van der Waals surface area contributed by atoms with Crippen LogP contribution in [0.15, 0.2) is 42.6 Å². The Labute approximate surface area is 136 Å². The third-order valence-corrected chi connectivity index (χ3v) is 4.20. The first-order valence-corrected chi connectivity index (χ1v) is 8.19. The van der Waals surface area contributed by atoms with Gasteiger partial charge in [-0.3, -0.25) is 9.78 Å². The third-order valence-electron chi connectivity index (χ3n) is 4.20. The van der Waals surface area contributed by atoms with Crippen LogP contribution < -0.4 is 10.1 Å². The summed E-state index contributed by atoms with van der Waals surface area (Å²) < 4.78 is 5.93. The maximum absolute atomic E-state index is 12.2. The summed E-state index contributed by atoms with van der Waals surface area (Å²) in [5.41, 5.74) is 3.46. The molecular formula is C19H22N2O2. The second-order valence-electron chi connectivity index (χ2n) is 5.90. The van der Waals surface area contributed by atoms with E-state index in [1.54, 1.807) is 13.1 Å². The van der Waals surface area contributed by atoms with E-state index in [1.807, 2.05) is 30.3 Å². The van der Waals surface area contributed by atoms with Gasteiger partial charge in [0.25, 0.3) is 5.91 Å². The zero-order valence-electron chi connectivity index (χ0n) is 13.4. The second-order valence-corrected chi connectivity index (χ2v) is 5.90. The summed E-state index contributed by atoms with van der Waals surface area (Å²) in [5.74, 6) is 0.728. The number of carbonyl (C=O) groups is 1. The maximum atomic E-state index is 12.2. The molecule has 0 saturated carbocycles. The topological polar surface area (TPSA) is 51.2 Å². The molecule has 120 valence electrons. The van der Waals surface area contributed by atoms with Gasteiger partial charge in [-0.25, -0.2) is 0 Å². The van der Waals surface area contributed by atoms with E-state index in [2.05, 4.69) is 16.4 Å². The SMILES string of the molecule is CC(Oc1cccc2c1CCCC2)C(=O)NCc1ccccn1. The summed E-state index contributed by atoms with van der Waals surface area (Å²) in [6.45, 7) is 2.20. The van der Waals surface area contributed by atoms with Crippen LogP contribution in [0.2, 0.25) is 0 Å². The Morgan fingerprint density at radius 3 is 2.91 bits per heavy atom. The fraction of sp³-hybridized carbons (Fsp3) is 0.368. The van der Waals surface area contributed by atoms with Gasteiger partial charge in [0.15, 0.2) is 6.10 Å². The zero-order valence-corrected chi connectivity index (χ0v) is 13.4. The van der Waals surface area contributed by atoms with Crippen LogP contribution in [0.3, 0.4) is 0 Å². The maximum Gasteiger partial charge on any atom is 0.261 e. The van der Waals surface area contributed by atoms with Gasteiger partial charge in [0, 0.05) is 6.20 Å². The molecule has 23 heavy (non-hydrogen) atoms. The number of aryl methyl sites for hydroxylation is 1. The molecule has 2 aromatic rings. The highest BCUT2D eigenvalue weighted by molar-refractivity contribution is 5.80. The first kappa shape index (κ1) is 15.5. The quantitative estimate of drug-likeness (QED) is 0.923. The summed E-state index contributed by atoms with van der Waals surface area (Å²) in [6.07, 6.45) is 5.76. The van der Waals surface area contributed by atoms with Crippen molar-refractivity contribution < 1.29 is 9.53 Å². The second kappa shape index (κ2) is 7.27. The van der Waals surface area contributed by atoms with Gasteiger partial charge in [0.2, 0.25) is 0 Å².